The van der Waals surface area contributed by atoms with Gasteiger partial charge in [0.25, 0.3) is 5.91 Å². The Hall–Kier alpha value is -2.70. The molecule has 7 heteroatoms. The smallest absolute Gasteiger partial charge is 0.342 e. The zero-order chi connectivity index (χ0) is 19.4. The molecule has 3 rings (SSSR count). The molecule has 1 fully saturated rings. The van der Waals surface area contributed by atoms with Crippen LogP contribution >= 0.6 is 0 Å². The van der Waals surface area contributed by atoms with E-state index in [0.29, 0.717) is 17.1 Å². The lowest BCUT2D eigenvalue weighted by atomic mass is 9.99. The van der Waals surface area contributed by atoms with Crippen molar-refractivity contribution in [2.24, 2.45) is 0 Å². The first-order chi connectivity index (χ1) is 13.0. The lowest BCUT2D eigenvalue weighted by molar-refractivity contribution is -0.143. The Kier molecular flexibility index (Phi) is 5.88. The fraction of sp³-hybridized carbons (Fsp3) is 0.500. The highest BCUT2D eigenvalue weighted by Crippen LogP contribution is 2.21. The molecule has 0 spiro atoms. The van der Waals surface area contributed by atoms with Gasteiger partial charge in [-0.1, -0.05) is 13.0 Å². The molecular formula is C20H26N4O3. The molecule has 2 aromatic rings. The van der Waals surface area contributed by atoms with Gasteiger partial charge < -0.3 is 9.64 Å². The minimum atomic E-state index is -0.817. The number of carbonyl (C=O) groups is 2. The van der Waals surface area contributed by atoms with Gasteiger partial charge in [-0.25, -0.2) is 14.5 Å². The second-order valence-corrected chi connectivity index (χ2v) is 6.88. The van der Waals surface area contributed by atoms with Crippen molar-refractivity contribution in [3.8, 4) is 5.82 Å². The maximum absolute atomic E-state index is 12.8. The molecule has 1 aliphatic rings. The van der Waals surface area contributed by atoms with Gasteiger partial charge in [0.2, 0.25) is 0 Å². The largest absolute Gasteiger partial charge is 0.449 e. The van der Waals surface area contributed by atoms with Gasteiger partial charge in [-0.2, -0.15) is 5.10 Å². The average Bonchev–Trinajstić information content (AvgIpc) is 3.09. The number of carbonyl (C=O) groups excluding carboxylic acids is 2. The van der Waals surface area contributed by atoms with Crippen molar-refractivity contribution in [2.45, 2.75) is 58.6 Å². The summed E-state index contributed by atoms with van der Waals surface area (Å²) in [5, 5.41) is 4.23. The zero-order valence-electron chi connectivity index (χ0n) is 16.1. The monoisotopic (exact) mass is 370 g/mol. The number of nitrogens with zero attached hydrogens (tertiary/aromatic N) is 4. The van der Waals surface area contributed by atoms with Gasteiger partial charge in [0.05, 0.1) is 11.9 Å². The molecule has 1 aliphatic heterocycles. The summed E-state index contributed by atoms with van der Waals surface area (Å²) < 4.78 is 7.05. The van der Waals surface area contributed by atoms with Gasteiger partial charge in [0, 0.05) is 18.8 Å². The molecule has 0 saturated carbocycles. The fourth-order valence-corrected chi connectivity index (χ4v) is 3.54. The Balaban J connectivity index is 1.70. The van der Waals surface area contributed by atoms with E-state index in [-0.39, 0.29) is 11.9 Å². The first-order valence-electron chi connectivity index (χ1n) is 9.50. The third-order valence-electron chi connectivity index (χ3n) is 5.11. The summed E-state index contributed by atoms with van der Waals surface area (Å²) in [5.41, 5.74) is 0.966. The van der Waals surface area contributed by atoms with Crippen LogP contribution in [0.25, 0.3) is 5.82 Å². The molecule has 2 unspecified atom stereocenters. The van der Waals surface area contributed by atoms with Crippen LogP contribution in [-0.4, -0.2) is 50.2 Å². The van der Waals surface area contributed by atoms with Crippen LogP contribution in [0.5, 0.6) is 0 Å². The highest BCUT2D eigenvalue weighted by Gasteiger charge is 2.31. The molecule has 0 N–H and O–H groups in total. The molecule has 0 bridgehead atoms. The van der Waals surface area contributed by atoms with Crippen molar-refractivity contribution in [1.82, 2.24) is 19.7 Å². The number of pyridine rings is 1. The second kappa shape index (κ2) is 8.33. The molecule has 0 aliphatic carbocycles. The molecule has 0 radical (unpaired) electrons. The molecule has 7 nitrogen and oxygen atoms in total. The van der Waals surface area contributed by atoms with E-state index < -0.39 is 12.1 Å². The summed E-state index contributed by atoms with van der Waals surface area (Å²) in [6.45, 7) is 6.24. The number of likely N-dealkylation sites (tertiary alicyclic amines) is 1. The normalized spacial score (nSPS) is 18.2. The summed E-state index contributed by atoms with van der Waals surface area (Å²) in [6, 6.07) is 5.71. The predicted molar refractivity (Wildman–Crippen MR) is 101 cm³/mol. The number of amides is 1. The number of hydrogen-bond acceptors (Lipinski definition) is 5. The lowest BCUT2D eigenvalue weighted by Crippen LogP contribution is -2.48. The Morgan fingerprint density at radius 1 is 1.33 bits per heavy atom. The quantitative estimate of drug-likeness (QED) is 0.756. The molecule has 27 heavy (non-hydrogen) atoms. The van der Waals surface area contributed by atoms with Gasteiger partial charge in [0.15, 0.2) is 11.9 Å². The second-order valence-electron chi connectivity index (χ2n) is 6.88. The van der Waals surface area contributed by atoms with Crippen LogP contribution in [0.4, 0.5) is 0 Å². The molecular weight excluding hydrogens is 344 g/mol. The van der Waals surface area contributed by atoms with Crippen LogP contribution in [0.3, 0.4) is 0 Å². The molecule has 3 heterocycles. The van der Waals surface area contributed by atoms with E-state index in [2.05, 4.69) is 17.0 Å². The number of ether oxygens (including phenoxy) is 1. The Morgan fingerprint density at radius 2 is 2.15 bits per heavy atom. The molecule has 2 aromatic heterocycles. The first kappa shape index (κ1) is 19.1. The lowest BCUT2D eigenvalue weighted by Gasteiger charge is -2.36. The van der Waals surface area contributed by atoms with Crippen molar-refractivity contribution in [3.05, 3.63) is 41.9 Å². The highest BCUT2D eigenvalue weighted by atomic mass is 16.5. The van der Waals surface area contributed by atoms with E-state index in [1.54, 1.807) is 24.7 Å². The number of rotatable bonds is 5. The van der Waals surface area contributed by atoms with E-state index in [1.165, 1.54) is 6.20 Å². The van der Waals surface area contributed by atoms with Crippen LogP contribution in [0.1, 0.15) is 55.6 Å². The van der Waals surface area contributed by atoms with Crippen LogP contribution in [0.2, 0.25) is 0 Å². The fourth-order valence-electron chi connectivity index (χ4n) is 3.54. The average molecular weight is 370 g/mol. The molecule has 2 atom stereocenters. The van der Waals surface area contributed by atoms with E-state index in [1.807, 2.05) is 23.1 Å². The van der Waals surface area contributed by atoms with Crippen molar-refractivity contribution < 1.29 is 14.3 Å². The van der Waals surface area contributed by atoms with Crippen LogP contribution in [-0.2, 0) is 9.53 Å². The highest BCUT2D eigenvalue weighted by molar-refractivity contribution is 5.93. The third-order valence-corrected chi connectivity index (χ3v) is 5.11. The minimum Gasteiger partial charge on any atom is -0.449 e. The number of piperidine rings is 1. The maximum atomic E-state index is 12.8. The van der Waals surface area contributed by atoms with E-state index in [0.717, 1.165) is 32.2 Å². The van der Waals surface area contributed by atoms with Crippen LogP contribution in [0.15, 0.2) is 30.6 Å². The number of hydrogen-bond donors (Lipinski definition) is 0. The summed E-state index contributed by atoms with van der Waals surface area (Å²) in [5.74, 6) is -0.0393. The number of aromatic nitrogens is 3. The van der Waals surface area contributed by atoms with Gasteiger partial charge >= 0.3 is 5.97 Å². The standard InChI is InChI=1S/C20H26N4O3/c1-4-16-9-6-8-12-23(16)19(25)15(3)27-20(26)17-13-22-24(14(17)2)18-10-5-7-11-21-18/h5,7,10-11,13,15-16H,4,6,8-9,12H2,1-3H3. The van der Waals surface area contributed by atoms with E-state index in [4.69, 9.17) is 4.74 Å². The Labute approximate surface area is 159 Å². The van der Waals surface area contributed by atoms with Gasteiger partial charge in [0.1, 0.15) is 5.56 Å². The molecule has 0 aromatic carbocycles. The summed E-state index contributed by atoms with van der Waals surface area (Å²) in [6.07, 6.45) is 6.38. The Bertz CT molecular complexity index is 803. The van der Waals surface area contributed by atoms with Gasteiger partial charge in [-0.3, -0.25) is 4.79 Å². The van der Waals surface area contributed by atoms with E-state index >= 15 is 0 Å². The molecule has 1 saturated heterocycles. The Morgan fingerprint density at radius 3 is 2.85 bits per heavy atom. The summed E-state index contributed by atoms with van der Waals surface area (Å²) >= 11 is 0. The summed E-state index contributed by atoms with van der Waals surface area (Å²) in [4.78, 5) is 31.5. The SMILES string of the molecule is CCC1CCCCN1C(=O)C(C)OC(=O)c1cnn(-c2ccccn2)c1C. The van der Waals surface area contributed by atoms with Gasteiger partial charge in [-0.15, -0.1) is 0 Å². The first-order valence-corrected chi connectivity index (χ1v) is 9.50. The summed E-state index contributed by atoms with van der Waals surface area (Å²) in [7, 11) is 0. The topological polar surface area (TPSA) is 77.3 Å². The minimum absolute atomic E-state index is 0.121. The maximum Gasteiger partial charge on any atom is 0.342 e. The molecule has 1 amide bonds. The van der Waals surface area contributed by atoms with Crippen molar-refractivity contribution >= 4 is 11.9 Å². The van der Waals surface area contributed by atoms with Crippen molar-refractivity contribution in [3.63, 3.8) is 0 Å². The predicted octanol–water partition coefficient (Wildman–Crippen LogP) is 2.91. The van der Waals surface area contributed by atoms with Crippen molar-refractivity contribution in [1.29, 1.82) is 0 Å². The van der Waals surface area contributed by atoms with Crippen LogP contribution in [0, 0.1) is 6.92 Å². The van der Waals surface area contributed by atoms with Crippen molar-refractivity contribution in [2.75, 3.05) is 6.54 Å². The van der Waals surface area contributed by atoms with Gasteiger partial charge in [-0.05, 0) is 51.7 Å². The third kappa shape index (κ3) is 4.02. The van der Waals surface area contributed by atoms with E-state index in [9.17, 15) is 9.59 Å². The number of esters is 1. The van der Waals surface area contributed by atoms with Crippen LogP contribution < -0.4 is 0 Å². The molecule has 144 valence electrons. The zero-order valence-corrected chi connectivity index (χ0v) is 16.1.